The lowest BCUT2D eigenvalue weighted by Crippen LogP contribution is -2.32. The van der Waals surface area contributed by atoms with E-state index in [2.05, 4.69) is 15.6 Å². The van der Waals surface area contributed by atoms with Gasteiger partial charge in [0.05, 0.1) is 30.5 Å². The molecule has 1 aromatic carbocycles. The summed E-state index contributed by atoms with van der Waals surface area (Å²) >= 11 is 1.25. The monoisotopic (exact) mass is 487 g/mol. The van der Waals surface area contributed by atoms with E-state index < -0.39 is 21.8 Å². The molecule has 33 heavy (non-hydrogen) atoms. The summed E-state index contributed by atoms with van der Waals surface area (Å²) in [5.41, 5.74) is 3.73. The number of nitrogens with one attached hydrogen (secondary N) is 2. The van der Waals surface area contributed by atoms with E-state index in [9.17, 15) is 22.8 Å². The van der Waals surface area contributed by atoms with Gasteiger partial charge in [-0.15, -0.1) is 11.3 Å². The van der Waals surface area contributed by atoms with Crippen LogP contribution >= 0.6 is 11.3 Å². The summed E-state index contributed by atoms with van der Waals surface area (Å²) in [6.45, 7) is 0.282. The summed E-state index contributed by atoms with van der Waals surface area (Å²) in [5.74, 6) is -0.965. The predicted molar refractivity (Wildman–Crippen MR) is 123 cm³/mol. The molecule has 172 valence electrons. The minimum absolute atomic E-state index is 0.0702. The second kappa shape index (κ2) is 8.79. The Morgan fingerprint density at radius 3 is 2.73 bits per heavy atom. The van der Waals surface area contributed by atoms with Crippen molar-refractivity contribution in [3.05, 3.63) is 58.7 Å². The Hall–Kier alpha value is -3.51. The molecule has 12 heteroatoms. The Morgan fingerprint density at radius 1 is 1.21 bits per heavy atom. The van der Waals surface area contributed by atoms with Gasteiger partial charge in [-0.25, -0.2) is 13.4 Å². The lowest BCUT2D eigenvalue weighted by Gasteiger charge is -2.25. The number of fused-ring (bicyclic) bond motifs is 1. The number of amides is 3. The lowest BCUT2D eigenvalue weighted by molar-refractivity contribution is -0.130. The molecule has 0 atom stereocenters. The van der Waals surface area contributed by atoms with Crippen molar-refractivity contribution in [2.45, 2.75) is 13.0 Å². The molecule has 0 saturated heterocycles. The zero-order chi connectivity index (χ0) is 23.8. The topological polar surface area (TPSA) is 130 Å². The van der Waals surface area contributed by atoms with Gasteiger partial charge in [-0.2, -0.15) is 0 Å². The second-order valence-corrected chi connectivity index (χ2v) is 10.4. The zero-order valence-electron chi connectivity index (χ0n) is 17.9. The molecule has 2 aromatic heterocycles. The van der Waals surface area contributed by atoms with Gasteiger partial charge in [0, 0.05) is 36.9 Å². The minimum Gasteiger partial charge on any atom is -0.343 e. The van der Waals surface area contributed by atoms with Crippen molar-refractivity contribution in [1.82, 2.24) is 19.2 Å². The van der Waals surface area contributed by atoms with Gasteiger partial charge in [0.2, 0.25) is 21.8 Å². The molecule has 10 nitrogen and oxygen atoms in total. The molecule has 0 aliphatic carbocycles. The average molecular weight is 488 g/mol. The van der Waals surface area contributed by atoms with Crippen LogP contribution < -0.4 is 10.6 Å². The molecule has 0 fully saturated rings. The van der Waals surface area contributed by atoms with Gasteiger partial charge in [-0.3, -0.25) is 18.4 Å². The van der Waals surface area contributed by atoms with Crippen molar-refractivity contribution in [2.24, 2.45) is 0 Å². The number of hydrogen-bond acceptors (Lipinski definition) is 7. The predicted octanol–water partition coefficient (Wildman–Crippen LogP) is 1.30. The van der Waals surface area contributed by atoms with Crippen LogP contribution in [0.15, 0.2) is 42.0 Å². The Labute approximate surface area is 194 Å². The third-order valence-electron chi connectivity index (χ3n) is 5.15. The smallest absolute Gasteiger partial charge is 0.253 e. The third kappa shape index (κ3) is 5.12. The fourth-order valence-corrected chi connectivity index (χ4v) is 4.68. The highest BCUT2D eigenvalue weighted by Gasteiger charge is 2.21. The molecule has 0 saturated carbocycles. The van der Waals surface area contributed by atoms with Crippen LogP contribution in [-0.2, 0) is 32.6 Å². The van der Waals surface area contributed by atoms with Crippen LogP contribution in [0.4, 0.5) is 5.13 Å². The van der Waals surface area contributed by atoms with E-state index in [0.29, 0.717) is 23.8 Å². The highest BCUT2D eigenvalue weighted by molar-refractivity contribution is 7.89. The number of nitrogens with zero attached hydrogens (tertiary/aromatic N) is 3. The van der Waals surface area contributed by atoms with Crippen molar-refractivity contribution in [3.8, 4) is 11.3 Å². The van der Waals surface area contributed by atoms with E-state index in [4.69, 9.17) is 0 Å². The average Bonchev–Trinajstić information content (AvgIpc) is 3.42. The van der Waals surface area contributed by atoms with Crippen molar-refractivity contribution >= 4 is 44.2 Å². The summed E-state index contributed by atoms with van der Waals surface area (Å²) in [4.78, 5) is 42.5. The van der Waals surface area contributed by atoms with Crippen molar-refractivity contribution < 1.29 is 22.8 Å². The van der Waals surface area contributed by atoms with E-state index in [1.165, 1.54) is 29.8 Å². The Balaban J connectivity index is 1.35. The Kier molecular flexibility index (Phi) is 6.04. The summed E-state index contributed by atoms with van der Waals surface area (Å²) < 4.78 is 23.9. The molecular formula is C21H21N5O5S2. The maximum absolute atomic E-state index is 12.2. The molecule has 2 N–H and O–H groups in total. The molecule has 0 unspecified atom stereocenters. The van der Waals surface area contributed by atoms with Gasteiger partial charge in [-0.1, -0.05) is 12.1 Å². The first kappa shape index (κ1) is 22.7. The molecule has 4 rings (SSSR count). The largest absolute Gasteiger partial charge is 0.343 e. The third-order valence-corrected chi connectivity index (χ3v) is 6.90. The number of carbonyl (C=O) groups is 3. The number of carbonyl (C=O) groups excluding carboxylic acids is 3. The van der Waals surface area contributed by atoms with Crippen LogP contribution in [0.2, 0.25) is 0 Å². The Bertz CT molecular complexity index is 1360. The van der Waals surface area contributed by atoms with Gasteiger partial charge in [0.15, 0.2) is 5.13 Å². The maximum Gasteiger partial charge on any atom is 0.253 e. The van der Waals surface area contributed by atoms with Crippen molar-refractivity contribution in [1.29, 1.82) is 0 Å². The molecule has 1 aliphatic heterocycles. The zero-order valence-corrected chi connectivity index (χ0v) is 19.5. The van der Waals surface area contributed by atoms with Gasteiger partial charge in [0.1, 0.15) is 0 Å². The number of anilines is 1. The van der Waals surface area contributed by atoms with Crippen LogP contribution in [0.1, 0.15) is 21.5 Å². The number of hydrogen-bond donors (Lipinski definition) is 2. The van der Waals surface area contributed by atoms with Gasteiger partial charge < -0.3 is 15.5 Å². The SMILES string of the molecule is CN1Cc2ccc(-c3csc(NC(=O)CNC(=O)c4ccn(S(C)(=O)=O)c4)n3)cc2CC1=O. The van der Waals surface area contributed by atoms with Crippen LogP contribution in [0.3, 0.4) is 0 Å². The van der Waals surface area contributed by atoms with E-state index in [-0.39, 0.29) is 18.0 Å². The molecule has 3 aromatic rings. The highest BCUT2D eigenvalue weighted by atomic mass is 32.2. The molecule has 0 radical (unpaired) electrons. The number of aromatic nitrogens is 2. The fourth-order valence-electron chi connectivity index (χ4n) is 3.35. The molecule has 0 bridgehead atoms. The van der Waals surface area contributed by atoms with E-state index in [1.54, 1.807) is 17.3 Å². The molecular weight excluding hydrogens is 466 g/mol. The molecule has 0 spiro atoms. The number of benzene rings is 1. The number of likely N-dealkylation sites (N-methyl/N-ethyl adjacent to an activating group) is 1. The first-order chi connectivity index (χ1) is 15.6. The lowest BCUT2D eigenvalue weighted by atomic mass is 9.96. The van der Waals surface area contributed by atoms with Crippen LogP contribution in [-0.4, -0.2) is 59.8 Å². The summed E-state index contributed by atoms with van der Waals surface area (Å²) in [5, 5.41) is 7.26. The summed E-state index contributed by atoms with van der Waals surface area (Å²) in [7, 11) is -1.71. The quantitative estimate of drug-likeness (QED) is 0.539. The summed E-state index contributed by atoms with van der Waals surface area (Å²) in [6.07, 6.45) is 3.81. The first-order valence-corrected chi connectivity index (χ1v) is 12.6. The van der Waals surface area contributed by atoms with Crippen LogP contribution in [0.5, 0.6) is 0 Å². The van der Waals surface area contributed by atoms with Gasteiger partial charge in [0.25, 0.3) is 5.91 Å². The van der Waals surface area contributed by atoms with Crippen molar-refractivity contribution in [3.63, 3.8) is 0 Å². The highest BCUT2D eigenvalue weighted by Crippen LogP contribution is 2.28. The van der Waals surface area contributed by atoms with Gasteiger partial charge >= 0.3 is 0 Å². The fraction of sp³-hybridized carbons (Fsp3) is 0.238. The normalized spacial score (nSPS) is 13.5. The molecule has 3 amide bonds. The maximum atomic E-state index is 12.2. The van der Waals surface area contributed by atoms with E-state index >= 15 is 0 Å². The van der Waals surface area contributed by atoms with E-state index in [0.717, 1.165) is 26.9 Å². The van der Waals surface area contributed by atoms with Gasteiger partial charge in [-0.05, 0) is 23.3 Å². The standard InChI is InChI=1S/C21H21N5O5S2/c1-25-10-14-4-3-13(7-16(14)8-19(25)28)17-12-32-21(23-17)24-18(27)9-22-20(29)15-5-6-26(11-15)33(2,30)31/h3-7,11-12H,8-10H2,1-2H3,(H,22,29)(H,23,24,27). The second-order valence-electron chi connectivity index (χ2n) is 7.67. The number of thiazole rings is 1. The molecule has 3 heterocycles. The Morgan fingerprint density at radius 2 is 2.00 bits per heavy atom. The summed E-state index contributed by atoms with van der Waals surface area (Å²) in [6, 6.07) is 7.22. The van der Waals surface area contributed by atoms with Crippen LogP contribution in [0.25, 0.3) is 11.3 Å². The van der Waals surface area contributed by atoms with Crippen molar-refractivity contribution in [2.75, 3.05) is 25.2 Å². The molecule has 1 aliphatic rings. The number of rotatable bonds is 6. The van der Waals surface area contributed by atoms with Crippen LogP contribution in [0, 0.1) is 0 Å². The first-order valence-electron chi connectivity index (χ1n) is 9.88. The minimum atomic E-state index is -3.49. The van der Waals surface area contributed by atoms with E-state index in [1.807, 2.05) is 18.2 Å².